The Balaban J connectivity index is 1.21. The van der Waals surface area contributed by atoms with Crippen molar-refractivity contribution in [1.82, 2.24) is 24.4 Å². The third kappa shape index (κ3) is 7.27. The highest BCUT2D eigenvalue weighted by Gasteiger charge is 2.61. The van der Waals surface area contributed by atoms with Crippen LogP contribution in [0.5, 0.6) is 5.75 Å². The monoisotopic (exact) mass is 804 g/mol. The molecule has 2 aromatic heterocycles. The number of carbonyl (C=O) groups excluding carboxylic acids is 1. The van der Waals surface area contributed by atoms with Crippen LogP contribution >= 0.6 is 0 Å². The van der Waals surface area contributed by atoms with Crippen molar-refractivity contribution in [2.24, 2.45) is 15.9 Å². The summed E-state index contributed by atoms with van der Waals surface area (Å²) in [6, 6.07) is 19.3. The van der Waals surface area contributed by atoms with Crippen molar-refractivity contribution in [3.05, 3.63) is 95.6 Å². The van der Waals surface area contributed by atoms with Crippen LogP contribution in [0.3, 0.4) is 0 Å². The molecule has 4 heterocycles. The molecule has 306 valence electrons. The molecule has 0 radical (unpaired) electrons. The second-order valence-corrected chi connectivity index (χ2v) is 19.0. The van der Waals surface area contributed by atoms with Crippen molar-refractivity contribution >= 4 is 46.0 Å². The maximum Gasteiger partial charge on any atom is 0.331 e. The number of anilines is 4. The number of benzene rings is 3. The molecule has 2 amide bonds. The molecule has 13 nitrogen and oxygen atoms in total. The van der Waals surface area contributed by atoms with Gasteiger partial charge in [-0.25, -0.2) is 14.8 Å². The number of aryl methyl sites for hydroxylation is 2. The van der Waals surface area contributed by atoms with Gasteiger partial charge in [-0.2, -0.15) is 9.31 Å². The lowest BCUT2D eigenvalue weighted by atomic mass is 9.72. The summed E-state index contributed by atoms with van der Waals surface area (Å²) in [5.74, 6) is 1.83. The van der Waals surface area contributed by atoms with Gasteiger partial charge in [-0.3, -0.25) is 19.5 Å². The Kier molecular flexibility index (Phi) is 10.3. The molecule has 2 atom stereocenters. The standard InChI is InChI=1S/C44H56N10O3S/c1-13-51(14-2)33-21-22-34(29(4)25-33)53-40(55)47-39-45-23-24-52(39)44(53)37(42(8,9)10)49-54-38(44)46-36(48-54)30-16-19-32(20-17-30)50-58(56)57-35-26-31(18-15-28(35)3)43(11,12)27-41(5,6)7/h15-26,50H,13-14,27H2,1-12H3,(H,45,47,55). The molecule has 2 N–H and O–H groups in total. The lowest BCUT2D eigenvalue weighted by Gasteiger charge is -2.47. The van der Waals surface area contributed by atoms with Gasteiger partial charge in [-0.1, -0.05) is 67.5 Å². The minimum Gasteiger partial charge on any atom is -0.385 e. The number of rotatable bonds is 11. The molecule has 3 aromatic carbocycles. The fourth-order valence-electron chi connectivity index (χ4n) is 8.53. The summed E-state index contributed by atoms with van der Waals surface area (Å²) in [6.45, 7) is 27.4. The van der Waals surface area contributed by atoms with Crippen LogP contribution in [0.25, 0.3) is 11.4 Å². The molecule has 5 aromatic rings. The summed E-state index contributed by atoms with van der Waals surface area (Å²) in [5, 5.41) is 13.0. The minimum absolute atomic E-state index is 0.0894. The normalized spacial score (nSPS) is 17.1. The lowest BCUT2D eigenvalue weighted by Crippen LogP contribution is -2.65. The van der Waals surface area contributed by atoms with Gasteiger partial charge in [0.15, 0.2) is 5.82 Å². The predicted octanol–water partition coefficient (Wildman–Crippen LogP) is 9.41. The van der Waals surface area contributed by atoms with E-state index >= 15 is 0 Å². The molecule has 2 aliphatic rings. The van der Waals surface area contributed by atoms with E-state index in [0.29, 0.717) is 46.0 Å². The fourth-order valence-corrected chi connectivity index (χ4v) is 9.25. The van der Waals surface area contributed by atoms with Crippen LogP contribution in [-0.2, 0) is 22.3 Å². The number of aromatic nitrogens is 5. The first-order valence-corrected chi connectivity index (χ1v) is 21.0. The van der Waals surface area contributed by atoms with Crippen molar-refractivity contribution in [2.75, 3.05) is 32.9 Å². The van der Waals surface area contributed by atoms with E-state index in [2.05, 4.69) is 107 Å². The van der Waals surface area contributed by atoms with E-state index in [1.807, 2.05) is 67.1 Å². The first-order valence-electron chi connectivity index (χ1n) is 19.9. The second-order valence-electron chi connectivity index (χ2n) is 18.1. The fraction of sp³-hybridized carbons (Fsp3) is 0.432. The summed E-state index contributed by atoms with van der Waals surface area (Å²) in [6.07, 6.45) is 4.50. The van der Waals surface area contributed by atoms with Crippen LogP contribution in [-0.4, -0.2) is 53.5 Å². The quantitative estimate of drug-likeness (QED) is 0.136. The number of hydrogen-bond acceptors (Lipinski definition) is 8. The Hall–Kier alpha value is -5.50. The van der Waals surface area contributed by atoms with Gasteiger partial charge < -0.3 is 9.08 Å². The van der Waals surface area contributed by atoms with Crippen molar-refractivity contribution in [1.29, 1.82) is 0 Å². The number of fused-ring (bicyclic) bond motifs is 4. The first-order chi connectivity index (χ1) is 27.3. The molecule has 0 saturated carbocycles. The van der Waals surface area contributed by atoms with Crippen LogP contribution in [0, 0.1) is 24.7 Å². The Morgan fingerprint density at radius 2 is 1.62 bits per heavy atom. The van der Waals surface area contributed by atoms with Crippen LogP contribution in [0.2, 0.25) is 0 Å². The van der Waals surface area contributed by atoms with Gasteiger partial charge in [-0.15, -0.1) is 9.89 Å². The largest absolute Gasteiger partial charge is 0.385 e. The summed E-state index contributed by atoms with van der Waals surface area (Å²) in [5.41, 5.74) is 4.95. The van der Waals surface area contributed by atoms with Crippen molar-refractivity contribution in [3.8, 4) is 17.1 Å². The maximum absolute atomic E-state index is 14.4. The van der Waals surface area contributed by atoms with Crippen LogP contribution in [0.1, 0.15) is 98.2 Å². The average molecular weight is 805 g/mol. The van der Waals surface area contributed by atoms with Crippen molar-refractivity contribution < 1.29 is 13.2 Å². The van der Waals surface area contributed by atoms with E-state index in [1.54, 1.807) is 15.9 Å². The van der Waals surface area contributed by atoms with Gasteiger partial charge in [0.05, 0.1) is 5.69 Å². The van der Waals surface area contributed by atoms with E-state index in [-0.39, 0.29) is 16.9 Å². The first kappa shape index (κ1) is 40.7. The van der Waals surface area contributed by atoms with Gasteiger partial charge in [0.25, 0.3) is 0 Å². The third-order valence-corrected chi connectivity index (χ3v) is 11.6. The predicted molar refractivity (Wildman–Crippen MR) is 234 cm³/mol. The Morgan fingerprint density at radius 1 is 0.914 bits per heavy atom. The third-order valence-electron chi connectivity index (χ3n) is 10.9. The Bertz CT molecular complexity index is 2410. The Morgan fingerprint density at radius 3 is 2.26 bits per heavy atom. The molecular formula is C44H56N10O3S. The van der Waals surface area contributed by atoms with Gasteiger partial charge in [0.1, 0.15) is 11.5 Å². The van der Waals surface area contributed by atoms with Gasteiger partial charge >= 0.3 is 17.3 Å². The van der Waals surface area contributed by atoms with Gasteiger partial charge in [0.2, 0.25) is 17.4 Å². The molecule has 1 spiro atoms. The highest BCUT2D eigenvalue weighted by atomic mass is 32.2. The molecule has 0 fully saturated rings. The zero-order valence-corrected chi connectivity index (χ0v) is 36.6. The highest BCUT2D eigenvalue weighted by molar-refractivity contribution is 7.82. The molecule has 0 aliphatic carbocycles. The summed E-state index contributed by atoms with van der Waals surface area (Å²) in [4.78, 5) is 29.7. The smallest absolute Gasteiger partial charge is 0.331 e. The lowest BCUT2D eigenvalue weighted by molar-refractivity contribution is 0.245. The van der Waals surface area contributed by atoms with E-state index in [1.165, 1.54) is 0 Å². The van der Waals surface area contributed by atoms with Gasteiger partial charge in [-0.05, 0) is 110 Å². The number of carbonyl (C=O) groups is 1. The van der Waals surface area contributed by atoms with E-state index in [0.717, 1.165) is 41.9 Å². The molecule has 2 aliphatic heterocycles. The molecule has 14 heteroatoms. The molecule has 0 bridgehead atoms. The Labute approximate surface area is 344 Å². The zero-order chi connectivity index (χ0) is 41.9. The number of urea groups is 1. The summed E-state index contributed by atoms with van der Waals surface area (Å²) < 4.78 is 24.2. The number of nitrogens with one attached hydrogen (secondary N) is 2. The van der Waals surface area contributed by atoms with Crippen LogP contribution in [0.15, 0.2) is 78.2 Å². The van der Waals surface area contributed by atoms with Crippen LogP contribution < -0.4 is 24.0 Å². The van der Waals surface area contributed by atoms with Crippen LogP contribution in [0.4, 0.5) is 27.8 Å². The highest BCUT2D eigenvalue weighted by Crippen LogP contribution is 2.49. The number of amides is 2. The summed E-state index contributed by atoms with van der Waals surface area (Å²) >= 11 is -1.86. The SMILES string of the molecule is CCN(CC)c1ccc(N2C(=O)Nc3nccn3C23C(C(C)(C)C)=Nn2nc(-c4ccc(NS(=O)Oc5cc(C(C)(C)CC(C)(C)C)ccc5C)cc4)nc23)c(C)c1. The second kappa shape index (κ2) is 14.7. The molecule has 58 heavy (non-hydrogen) atoms. The van der Waals surface area contributed by atoms with E-state index in [4.69, 9.17) is 19.4 Å². The van der Waals surface area contributed by atoms with Gasteiger partial charge in [0, 0.05) is 47.8 Å². The van der Waals surface area contributed by atoms with E-state index in [9.17, 15) is 9.00 Å². The summed E-state index contributed by atoms with van der Waals surface area (Å²) in [7, 11) is 0. The average Bonchev–Trinajstić information content (AvgIpc) is 3.85. The topological polar surface area (TPSA) is 135 Å². The molecule has 7 rings (SSSR count). The number of imidazole rings is 1. The minimum atomic E-state index is -1.86. The zero-order valence-electron chi connectivity index (χ0n) is 35.8. The number of nitrogens with zero attached hydrogens (tertiary/aromatic N) is 8. The van der Waals surface area contributed by atoms with Crippen molar-refractivity contribution in [2.45, 2.75) is 101 Å². The maximum atomic E-state index is 14.4. The van der Waals surface area contributed by atoms with Crippen molar-refractivity contribution in [3.63, 3.8) is 0 Å². The number of hydrogen-bond donors (Lipinski definition) is 2. The van der Waals surface area contributed by atoms with E-state index < -0.39 is 22.3 Å². The molecule has 2 unspecified atom stereocenters. The molecule has 0 saturated heterocycles. The molecular weight excluding hydrogens is 749 g/mol.